The molecule has 2 rings (SSSR count). The number of amides is 2. The first kappa shape index (κ1) is 20.0. The molecule has 0 saturated carbocycles. The maximum atomic E-state index is 11.9. The number of hydrogen-bond donors (Lipinski definition) is 2. The van der Waals surface area contributed by atoms with Crippen LogP contribution in [0.1, 0.15) is 26.3 Å². The molecule has 0 atom stereocenters. The molecule has 7 nitrogen and oxygen atoms in total. The molecule has 0 unspecified atom stereocenters. The minimum Gasteiger partial charge on any atom is -0.494 e. The molecule has 2 aromatic rings. The van der Waals surface area contributed by atoms with Gasteiger partial charge in [0.2, 0.25) is 0 Å². The standard InChI is InChI=1S/C20H23N3O4/c1-4-26-17-11-7-16(8-12-17)22-19(24)20(25)23-21-13-15-5-9-18(10-6-15)27-14(2)3/h5-14H,4H2,1-3H3,(H,22,24)(H,23,25)/b21-13-. The average molecular weight is 369 g/mol. The topological polar surface area (TPSA) is 89.0 Å². The Labute approximate surface area is 158 Å². The molecule has 27 heavy (non-hydrogen) atoms. The summed E-state index contributed by atoms with van der Waals surface area (Å²) in [6, 6.07) is 13.9. The highest BCUT2D eigenvalue weighted by atomic mass is 16.5. The number of rotatable bonds is 7. The van der Waals surface area contributed by atoms with E-state index < -0.39 is 11.8 Å². The lowest BCUT2D eigenvalue weighted by atomic mass is 10.2. The number of carbonyl (C=O) groups excluding carboxylic acids is 2. The highest BCUT2D eigenvalue weighted by Gasteiger charge is 2.12. The summed E-state index contributed by atoms with van der Waals surface area (Å²) in [4.78, 5) is 23.7. The van der Waals surface area contributed by atoms with Crippen molar-refractivity contribution in [1.29, 1.82) is 0 Å². The normalized spacial score (nSPS) is 10.7. The maximum Gasteiger partial charge on any atom is 0.329 e. The van der Waals surface area contributed by atoms with Gasteiger partial charge in [0.15, 0.2) is 0 Å². The maximum absolute atomic E-state index is 11.9. The van der Waals surface area contributed by atoms with Crippen LogP contribution in [0.2, 0.25) is 0 Å². The Bertz CT molecular complexity index is 784. The van der Waals surface area contributed by atoms with E-state index in [0.717, 1.165) is 11.3 Å². The monoisotopic (exact) mass is 369 g/mol. The third kappa shape index (κ3) is 6.81. The van der Waals surface area contributed by atoms with Crippen LogP contribution in [0.15, 0.2) is 53.6 Å². The number of ether oxygens (including phenoxy) is 2. The van der Waals surface area contributed by atoms with Gasteiger partial charge in [-0.25, -0.2) is 5.43 Å². The van der Waals surface area contributed by atoms with E-state index >= 15 is 0 Å². The molecular weight excluding hydrogens is 346 g/mol. The van der Waals surface area contributed by atoms with Gasteiger partial charge < -0.3 is 14.8 Å². The molecule has 0 fully saturated rings. The third-order valence-electron chi connectivity index (χ3n) is 3.26. The zero-order chi connectivity index (χ0) is 19.6. The van der Waals surface area contributed by atoms with Gasteiger partial charge in [0.1, 0.15) is 11.5 Å². The van der Waals surface area contributed by atoms with Gasteiger partial charge in [-0.15, -0.1) is 0 Å². The summed E-state index contributed by atoms with van der Waals surface area (Å²) < 4.78 is 10.9. The van der Waals surface area contributed by atoms with Crippen molar-refractivity contribution in [3.63, 3.8) is 0 Å². The molecule has 0 bridgehead atoms. The molecule has 142 valence electrons. The van der Waals surface area contributed by atoms with E-state index in [1.165, 1.54) is 6.21 Å². The van der Waals surface area contributed by atoms with Crippen LogP contribution in [0, 0.1) is 0 Å². The van der Waals surface area contributed by atoms with Crippen LogP contribution in [0.3, 0.4) is 0 Å². The van der Waals surface area contributed by atoms with Crippen LogP contribution in [-0.4, -0.2) is 30.7 Å². The summed E-state index contributed by atoms with van der Waals surface area (Å²) in [6.07, 6.45) is 1.54. The first-order valence-electron chi connectivity index (χ1n) is 8.62. The fraction of sp³-hybridized carbons (Fsp3) is 0.250. The molecular formula is C20H23N3O4. The number of hydrogen-bond acceptors (Lipinski definition) is 5. The van der Waals surface area contributed by atoms with Crippen molar-refractivity contribution in [2.75, 3.05) is 11.9 Å². The van der Waals surface area contributed by atoms with Crippen LogP contribution in [0.25, 0.3) is 0 Å². The van der Waals surface area contributed by atoms with Crippen LogP contribution in [0.5, 0.6) is 11.5 Å². The zero-order valence-corrected chi connectivity index (χ0v) is 15.6. The van der Waals surface area contributed by atoms with Crippen molar-refractivity contribution in [3.8, 4) is 11.5 Å². The molecule has 2 N–H and O–H groups in total. The smallest absolute Gasteiger partial charge is 0.329 e. The van der Waals surface area contributed by atoms with Gasteiger partial charge in [0.05, 0.1) is 18.9 Å². The number of carbonyl (C=O) groups is 2. The second-order valence-corrected chi connectivity index (χ2v) is 5.85. The molecule has 0 radical (unpaired) electrons. The quantitative estimate of drug-likeness (QED) is 0.446. The molecule has 0 aliphatic carbocycles. The highest BCUT2D eigenvalue weighted by molar-refractivity contribution is 6.39. The van der Waals surface area contributed by atoms with Crippen molar-refractivity contribution in [2.24, 2.45) is 5.10 Å². The molecule has 0 aromatic heterocycles. The van der Waals surface area contributed by atoms with Gasteiger partial charge in [-0.1, -0.05) is 0 Å². The molecule has 7 heteroatoms. The minimum absolute atomic E-state index is 0.0951. The summed E-state index contributed by atoms with van der Waals surface area (Å²) in [6.45, 7) is 6.33. The summed E-state index contributed by atoms with van der Waals surface area (Å²) in [5.41, 5.74) is 3.44. The summed E-state index contributed by atoms with van der Waals surface area (Å²) in [5.74, 6) is -0.229. The van der Waals surface area contributed by atoms with Gasteiger partial charge in [-0.2, -0.15) is 5.10 Å². The number of nitrogens with one attached hydrogen (secondary N) is 2. The first-order valence-corrected chi connectivity index (χ1v) is 8.62. The summed E-state index contributed by atoms with van der Waals surface area (Å²) in [7, 11) is 0. The van der Waals surface area contributed by atoms with Crippen molar-refractivity contribution >= 4 is 23.7 Å². The van der Waals surface area contributed by atoms with Gasteiger partial charge in [0, 0.05) is 5.69 Å². The molecule has 2 aromatic carbocycles. The van der Waals surface area contributed by atoms with Gasteiger partial charge in [-0.3, -0.25) is 9.59 Å². The van der Waals surface area contributed by atoms with E-state index in [2.05, 4.69) is 15.8 Å². The molecule has 0 spiro atoms. The van der Waals surface area contributed by atoms with E-state index in [0.29, 0.717) is 18.0 Å². The molecule has 2 amide bonds. The second kappa shape index (κ2) is 9.96. The van der Waals surface area contributed by atoms with Crippen LogP contribution < -0.4 is 20.2 Å². The Morgan fingerprint density at radius 2 is 1.63 bits per heavy atom. The van der Waals surface area contributed by atoms with E-state index in [9.17, 15) is 9.59 Å². The third-order valence-corrected chi connectivity index (χ3v) is 3.26. The van der Waals surface area contributed by atoms with Gasteiger partial charge >= 0.3 is 11.8 Å². The molecule has 0 aliphatic rings. The summed E-state index contributed by atoms with van der Waals surface area (Å²) in [5, 5.41) is 6.28. The lowest BCUT2D eigenvalue weighted by molar-refractivity contribution is -0.136. The van der Waals surface area contributed by atoms with Gasteiger partial charge in [0.25, 0.3) is 0 Å². The number of hydrazone groups is 1. The molecule has 0 heterocycles. The van der Waals surface area contributed by atoms with Crippen molar-refractivity contribution in [1.82, 2.24) is 5.43 Å². The van der Waals surface area contributed by atoms with E-state index in [4.69, 9.17) is 9.47 Å². The predicted octanol–water partition coefficient (Wildman–Crippen LogP) is 2.96. The average Bonchev–Trinajstić information content (AvgIpc) is 2.64. The SMILES string of the molecule is CCOc1ccc(NC(=O)C(=O)N/N=C\c2ccc(OC(C)C)cc2)cc1. The lowest BCUT2D eigenvalue weighted by Gasteiger charge is -2.09. The van der Waals surface area contributed by atoms with Crippen molar-refractivity contribution in [2.45, 2.75) is 26.9 Å². The number of nitrogens with zero attached hydrogens (tertiary/aromatic N) is 1. The first-order chi connectivity index (χ1) is 13.0. The van der Waals surface area contributed by atoms with E-state index in [-0.39, 0.29) is 6.10 Å². The zero-order valence-electron chi connectivity index (χ0n) is 15.6. The number of anilines is 1. The Morgan fingerprint density at radius 1 is 1.00 bits per heavy atom. The Balaban J connectivity index is 1.83. The Morgan fingerprint density at radius 3 is 2.22 bits per heavy atom. The fourth-order valence-electron chi connectivity index (χ4n) is 2.11. The highest BCUT2D eigenvalue weighted by Crippen LogP contribution is 2.15. The molecule has 0 saturated heterocycles. The largest absolute Gasteiger partial charge is 0.494 e. The lowest BCUT2D eigenvalue weighted by Crippen LogP contribution is -2.32. The van der Waals surface area contributed by atoms with Crippen molar-refractivity contribution < 1.29 is 19.1 Å². The predicted molar refractivity (Wildman–Crippen MR) is 104 cm³/mol. The summed E-state index contributed by atoms with van der Waals surface area (Å²) >= 11 is 0. The Kier molecular flexibility index (Phi) is 7.37. The second-order valence-electron chi connectivity index (χ2n) is 5.85. The van der Waals surface area contributed by atoms with Crippen LogP contribution in [0.4, 0.5) is 5.69 Å². The van der Waals surface area contributed by atoms with Crippen molar-refractivity contribution in [3.05, 3.63) is 54.1 Å². The molecule has 0 aliphatic heterocycles. The van der Waals surface area contributed by atoms with Crippen LogP contribution >= 0.6 is 0 Å². The van der Waals surface area contributed by atoms with Gasteiger partial charge in [-0.05, 0) is 74.9 Å². The van der Waals surface area contributed by atoms with E-state index in [1.807, 2.05) is 32.9 Å². The number of benzene rings is 2. The Hall–Kier alpha value is -3.35. The fourth-order valence-corrected chi connectivity index (χ4v) is 2.11. The van der Waals surface area contributed by atoms with Crippen LogP contribution in [-0.2, 0) is 9.59 Å². The minimum atomic E-state index is -0.861. The van der Waals surface area contributed by atoms with E-state index in [1.54, 1.807) is 36.4 Å².